The van der Waals surface area contributed by atoms with Gasteiger partial charge in [-0.1, -0.05) is 28.1 Å². The minimum Gasteiger partial charge on any atom is -0.347 e. The van der Waals surface area contributed by atoms with Crippen LogP contribution in [0, 0.1) is 0 Å². The lowest BCUT2D eigenvalue weighted by Gasteiger charge is -2.14. The number of carbonyl (C=O) groups excluding carboxylic acids is 2. The van der Waals surface area contributed by atoms with Gasteiger partial charge in [-0.25, -0.2) is 0 Å². The molecule has 4 nitrogen and oxygen atoms in total. The van der Waals surface area contributed by atoms with Crippen LogP contribution >= 0.6 is 27.3 Å². The monoisotopic (exact) mass is 420 g/mol. The highest BCUT2D eigenvalue weighted by Gasteiger charge is 2.18. The third kappa shape index (κ3) is 5.16. The molecule has 0 atom stereocenters. The molecule has 1 saturated heterocycles. The van der Waals surface area contributed by atoms with Gasteiger partial charge in [0.2, 0.25) is 5.91 Å². The summed E-state index contributed by atoms with van der Waals surface area (Å²) in [6.45, 7) is 2.29. The van der Waals surface area contributed by atoms with Gasteiger partial charge in [0.05, 0.1) is 4.88 Å². The molecule has 0 saturated carbocycles. The van der Waals surface area contributed by atoms with Crippen molar-refractivity contribution in [3.63, 3.8) is 0 Å². The maximum absolute atomic E-state index is 12.3. The number of rotatable bonds is 6. The zero-order valence-corrected chi connectivity index (χ0v) is 16.4. The van der Waals surface area contributed by atoms with Crippen molar-refractivity contribution in [2.45, 2.75) is 32.2 Å². The number of amides is 2. The third-order valence-corrected chi connectivity index (χ3v) is 5.91. The molecule has 1 aliphatic rings. The van der Waals surface area contributed by atoms with Crippen LogP contribution in [-0.2, 0) is 17.8 Å². The topological polar surface area (TPSA) is 49.4 Å². The fourth-order valence-electron chi connectivity index (χ4n) is 2.91. The number of benzene rings is 1. The van der Waals surface area contributed by atoms with Crippen LogP contribution in [0.1, 0.15) is 39.4 Å². The van der Waals surface area contributed by atoms with E-state index in [1.165, 1.54) is 11.3 Å². The Morgan fingerprint density at radius 3 is 2.72 bits per heavy atom. The zero-order valence-electron chi connectivity index (χ0n) is 14.0. The molecular formula is C19H21BrN2O2S. The fourth-order valence-corrected chi connectivity index (χ4v) is 4.28. The highest BCUT2D eigenvalue weighted by atomic mass is 79.9. The number of halogens is 1. The summed E-state index contributed by atoms with van der Waals surface area (Å²) >= 11 is 4.90. The van der Waals surface area contributed by atoms with Crippen molar-refractivity contribution in [1.82, 2.24) is 10.2 Å². The molecule has 0 aliphatic carbocycles. The first-order chi connectivity index (χ1) is 12.1. The van der Waals surface area contributed by atoms with E-state index in [1.54, 1.807) is 0 Å². The van der Waals surface area contributed by atoms with E-state index in [2.05, 4.69) is 21.2 Å². The number of hydrogen-bond donors (Lipinski definition) is 1. The predicted octanol–water partition coefficient (Wildman–Crippen LogP) is 4.00. The van der Waals surface area contributed by atoms with Crippen molar-refractivity contribution < 1.29 is 9.59 Å². The lowest BCUT2D eigenvalue weighted by molar-refractivity contribution is -0.130. The quantitative estimate of drug-likeness (QED) is 0.767. The van der Waals surface area contributed by atoms with Crippen LogP contribution in [0.25, 0.3) is 0 Å². The minimum atomic E-state index is -0.0675. The molecule has 2 amide bonds. The summed E-state index contributed by atoms with van der Waals surface area (Å²) in [5.41, 5.74) is 1.05. The van der Waals surface area contributed by atoms with Crippen LogP contribution < -0.4 is 5.32 Å². The van der Waals surface area contributed by atoms with E-state index in [1.807, 2.05) is 41.3 Å². The molecule has 25 heavy (non-hydrogen) atoms. The molecule has 1 aromatic heterocycles. The van der Waals surface area contributed by atoms with Gasteiger partial charge in [-0.3, -0.25) is 9.59 Å². The van der Waals surface area contributed by atoms with Gasteiger partial charge in [0.25, 0.3) is 5.91 Å². The Hall–Kier alpha value is -1.66. The van der Waals surface area contributed by atoms with Crippen LogP contribution in [-0.4, -0.2) is 29.8 Å². The molecule has 0 radical (unpaired) electrons. The van der Waals surface area contributed by atoms with Crippen molar-refractivity contribution in [2.24, 2.45) is 0 Å². The molecule has 1 fully saturated rings. The Kier molecular flexibility index (Phi) is 6.26. The standard InChI is InChI=1S/C19H21BrN2O2S/c20-15-5-3-4-14(12-15)13-21-19(24)17-8-6-16(25-17)7-9-18(23)22-10-1-2-11-22/h3-6,8,12H,1-2,7,9-11,13H2,(H,21,24). The summed E-state index contributed by atoms with van der Waals surface area (Å²) < 4.78 is 1.00. The number of likely N-dealkylation sites (tertiary alicyclic amines) is 1. The number of hydrogen-bond acceptors (Lipinski definition) is 3. The van der Waals surface area contributed by atoms with Crippen LogP contribution in [0.4, 0.5) is 0 Å². The van der Waals surface area contributed by atoms with E-state index in [4.69, 9.17) is 0 Å². The average Bonchev–Trinajstić information content (AvgIpc) is 3.29. The lowest BCUT2D eigenvalue weighted by atomic mass is 10.2. The average molecular weight is 421 g/mol. The highest BCUT2D eigenvalue weighted by molar-refractivity contribution is 9.10. The molecule has 2 aromatic rings. The van der Waals surface area contributed by atoms with Gasteiger partial charge in [-0.15, -0.1) is 11.3 Å². The smallest absolute Gasteiger partial charge is 0.261 e. The second kappa shape index (κ2) is 8.63. The van der Waals surface area contributed by atoms with Crippen LogP contribution in [0.15, 0.2) is 40.9 Å². The summed E-state index contributed by atoms with van der Waals surface area (Å²) in [5.74, 6) is 0.161. The van der Waals surface area contributed by atoms with E-state index in [0.717, 1.165) is 40.8 Å². The number of nitrogens with one attached hydrogen (secondary N) is 1. The molecule has 132 valence electrons. The Morgan fingerprint density at radius 1 is 1.16 bits per heavy atom. The van der Waals surface area contributed by atoms with Gasteiger partial charge in [0, 0.05) is 35.4 Å². The first-order valence-electron chi connectivity index (χ1n) is 8.51. The molecule has 0 bridgehead atoms. The number of aryl methyl sites for hydroxylation is 1. The van der Waals surface area contributed by atoms with Crippen LogP contribution in [0.3, 0.4) is 0 Å². The van der Waals surface area contributed by atoms with E-state index >= 15 is 0 Å². The largest absolute Gasteiger partial charge is 0.347 e. The minimum absolute atomic E-state index is 0.0675. The second-order valence-corrected chi connectivity index (χ2v) is 8.25. The van der Waals surface area contributed by atoms with Crippen molar-refractivity contribution in [3.8, 4) is 0 Å². The predicted molar refractivity (Wildman–Crippen MR) is 104 cm³/mol. The van der Waals surface area contributed by atoms with Gasteiger partial charge in [-0.2, -0.15) is 0 Å². The number of nitrogens with zero attached hydrogens (tertiary/aromatic N) is 1. The first-order valence-corrected chi connectivity index (χ1v) is 10.1. The van der Waals surface area contributed by atoms with Gasteiger partial charge in [0.1, 0.15) is 0 Å². The van der Waals surface area contributed by atoms with Crippen molar-refractivity contribution in [3.05, 3.63) is 56.2 Å². The Bertz CT molecular complexity index is 753. The normalized spacial score (nSPS) is 13.9. The maximum atomic E-state index is 12.3. The van der Waals surface area contributed by atoms with E-state index in [0.29, 0.717) is 24.3 Å². The number of thiophene rings is 1. The van der Waals surface area contributed by atoms with Crippen molar-refractivity contribution in [2.75, 3.05) is 13.1 Å². The Morgan fingerprint density at radius 2 is 1.96 bits per heavy atom. The van der Waals surface area contributed by atoms with E-state index in [-0.39, 0.29) is 11.8 Å². The van der Waals surface area contributed by atoms with E-state index in [9.17, 15) is 9.59 Å². The van der Waals surface area contributed by atoms with Crippen LogP contribution in [0.5, 0.6) is 0 Å². The molecule has 1 N–H and O–H groups in total. The molecule has 1 aromatic carbocycles. The molecule has 1 aliphatic heterocycles. The van der Waals surface area contributed by atoms with Crippen LogP contribution in [0.2, 0.25) is 0 Å². The molecule has 3 rings (SSSR count). The Labute approximate surface area is 160 Å². The molecule has 6 heteroatoms. The summed E-state index contributed by atoms with van der Waals surface area (Å²) in [7, 11) is 0. The summed E-state index contributed by atoms with van der Waals surface area (Å²) in [6, 6.07) is 11.7. The van der Waals surface area contributed by atoms with Gasteiger partial charge in [-0.05, 0) is 49.1 Å². The van der Waals surface area contributed by atoms with Gasteiger partial charge in [0.15, 0.2) is 0 Å². The first kappa shape index (κ1) is 18.1. The molecule has 0 unspecified atom stereocenters. The van der Waals surface area contributed by atoms with Crippen molar-refractivity contribution >= 4 is 39.1 Å². The summed E-state index contributed by atoms with van der Waals surface area (Å²) in [6.07, 6.45) is 3.47. The molecular weight excluding hydrogens is 400 g/mol. The van der Waals surface area contributed by atoms with Gasteiger partial charge >= 0.3 is 0 Å². The third-order valence-electron chi connectivity index (χ3n) is 4.27. The number of carbonyl (C=O) groups is 2. The highest BCUT2D eigenvalue weighted by Crippen LogP contribution is 2.19. The zero-order chi connectivity index (χ0) is 17.6. The second-order valence-electron chi connectivity index (χ2n) is 6.17. The SMILES string of the molecule is O=C(NCc1cccc(Br)c1)c1ccc(CCC(=O)N2CCCC2)s1. The lowest BCUT2D eigenvalue weighted by Crippen LogP contribution is -2.27. The Balaban J connectivity index is 1.48. The summed E-state index contributed by atoms with van der Waals surface area (Å²) in [5, 5.41) is 2.94. The molecule has 0 spiro atoms. The van der Waals surface area contributed by atoms with E-state index < -0.39 is 0 Å². The molecule has 2 heterocycles. The van der Waals surface area contributed by atoms with Crippen molar-refractivity contribution in [1.29, 1.82) is 0 Å². The maximum Gasteiger partial charge on any atom is 0.261 e. The fraction of sp³-hybridized carbons (Fsp3) is 0.368. The van der Waals surface area contributed by atoms with Gasteiger partial charge < -0.3 is 10.2 Å². The summed E-state index contributed by atoms with van der Waals surface area (Å²) in [4.78, 5) is 28.1.